The molecule has 0 saturated carbocycles. The molecular formula is C38H30F12N6O6S2. The number of sulfone groups is 2. The smallest absolute Gasteiger partial charge is 0.406 e. The van der Waals surface area contributed by atoms with Gasteiger partial charge in [-0.2, -0.15) is 36.5 Å². The lowest BCUT2D eigenvalue weighted by Crippen LogP contribution is -2.16. The minimum absolute atomic E-state index is 0.123. The van der Waals surface area contributed by atoms with E-state index in [-0.39, 0.29) is 34.1 Å². The second-order valence-corrected chi connectivity index (χ2v) is 17.5. The van der Waals surface area contributed by atoms with Gasteiger partial charge in [0.05, 0.1) is 56.2 Å². The van der Waals surface area contributed by atoms with E-state index in [0.29, 0.717) is 35.4 Å². The van der Waals surface area contributed by atoms with Gasteiger partial charge in [0.2, 0.25) is 0 Å². The molecule has 0 unspecified atom stereocenters. The molecule has 0 spiro atoms. The van der Waals surface area contributed by atoms with Gasteiger partial charge >= 0.3 is 25.1 Å². The number of alkyl halides is 12. The first kappa shape index (κ1) is 48.6. The maximum Gasteiger partial charge on any atom is 0.573 e. The third kappa shape index (κ3) is 11.2. The largest absolute Gasteiger partial charge is 0.573 e. The summed E-state index contributed by atoms with van der Waals surface area (Å²) in [5.74, 6) is -2.10. The van der Waals surface area contributed by atoms with Crippen molar-refractivity contribution in [2.75, 3.05) is 23.0 Å². The lowest BCUT2D eigenvalue weighted by Gasteiger charge is -2.14. The van der Waals surface area contributed by atoms with E-state index in [4.69, 9.17) is 11.5 Å². The lowest BCUT2D eigenvalue weighted by molar-refractivity contribution is -0.275. The average Bonchev–Trinajstić information content (AvgIpc) is 3.78. The van der Waals surface area contributed by atoms with Crippen LogP contribution in [0.3, 0.4) is 0 Å². The first-order chi connectivity index (χ1) is 29.5. The highest BCUT2D eigenvalue weighted by Gasteiger charge is 2.36. The zero-order valence-corrected chi connectivity index (χ0v) is 34.0. The SMILES string of the molecule is CCS(=O)(=O)c1cc(C(F)(F)F)ccc1-n1ncc(-c2ccc(OC(F)(F)F)cc2)c1N.CCS(=O)(=O)c1cc(C(F)(F)F)ccc1-n1ncc(-c2ccc(OC(F)(F)F)cc2)c1N. The Morgan fingerprint density at radius 2 is 0.828 bits per heavy atom. The molecule has 2 aromatic heterocycles. The van der Waals surface area contributed by atoms with Crippen molar-refractivity contribution in [2.45, 2.75) is 48.7 Å². The Bertz CT molecular complexity index is 2660. The molecule has 6 rings (SSSR count). The average molecular weight is 959 g/mol. The molecule has 64 heavy (non-hydrogen) atoms. The molecular weight excluding hydrogens is 929 g/mol. The van der Waals surface area contributed by atoms with Crippen LogP contribution in [0.1, 0.15) is 25.0 Å². The molecule has 0 aliphatic rings. The Labute approximate surface area is 354 Å². The number of benzene rings is 4. The van der Waals surface area contributed by atoms with Gasteiger partial charge in [-0.3, -0.25) is 0 Å². The predicted octanol–water partition coefficient (Wildman–Crippen LogP) is 9.66. The van der Waals surface area contributed by atoms with Crippen LogP contribution in [0, 0.1) is 0 Å². The summed E-state index contributed by atoms with van der Waals surface area (Å²) in [5.41, 5.74) is 10.5. The summed E-state index contributed by atoms with van der Waals surface area (Å²) in [7, 11) is -8.19. The molecule has 0 aliphatic heterocycles. The minimum Gasteiger partial charge on any atom is -0.406 e. The van der Waals surface area contributed by atoms with Crippen molar-refractivity contribution in [1.82, 2.24) is 19.6 Å². The molecule has 0 radical (unpaired) electrons. The summed E-state index contributed by atoms with van der Waals surface area (Å²) >= 11 is 0. The van der Waals surface area contributed by atoms with Gasteiger partial charge < -0.3 is 20.9 Å². The number of nitrogen functional groups attached to an aromatic ring is 2. The van der Waals surface area contributed by atoms with Crippen molar-refractivity contribution >= 4 is 31.3 Å². The van der Waals surface area contributed by atoms with Crippen molar-refractivity contribution in [1.29, 1.82) is 0 Å². The maximum atomic E-state index is 13.1. The molecule has 0 bridgehead atoms. The van der Waals surface area contributed by atoms with Crippen LogP contribution in [0.25, 0.3) is 33.6 Å². The van der Waals surface area contributed by atoms with Gasteiger partial charge in [0.1, 0.15) is 23.1 Å². The zero-order valence-electron chi connectivity index (χ0n) is 32.4. The number of aromatic nitrogens is 4. The van der Waals surface area contributed by atoms with Crippen LogP contribution in [0.2, 0.25) is 0 Å². The Balaban J connectivity index is 0.000000241. The van der Waals surface area contributed by atoms with E-state index in [1.165, 1.54) is 50.5 Å². The standard InChI is InChI=1S/2C19H15F6N3O3S/c2*1-2-32(29,30)16-9-12(18(20,21)22)5-8-15(16)28-17(26)14(10-27-28)11-3-6-13(7-4-11)31-19(23,24)25/h2*3-10H,2,26H2,1H3. The third-order valence-corrected chi connectivity index (χ3v) is 12.4. The third-order valence-electron chi connectivity index (χ3n) is 8.87. The molecule has 0 aliphatic carbocycles. The van der Waals surface area contributed by atoms with E-state index in [2.05, 4.69) is 19.7 Å². The number of ether oxygens (including phenoxy) is 2. The number of hydrogen-bond acceptors (Lipinski definition) is 10. The van der Waals surface area contributed by atoms with Crippen LogP contribution in [0.4, 0.5) is 64.3 Å². The molecule has 344 valence electrons. The number of anilines is 2. The van der Waals surface area contributed by atoms with Crippen LogP contribution in [0.15, 0.2) is 107 Å². The first-order valence-corrected chi connectivity index (χ1v) is 21.0. The highest BCUT2D eigenvalue weighted by molar-refractivity contribution is 7.91. The van der Waals surface area contributed by atoms with Crippen molar-refractivity contribution in [2.24, 2.45) is 0 Å². The Kier molecular flexibility index (Phi) is 13.4. The number of hydrogen-bond donors (Lipinski definition) is 2. The van der Waals surface area contributed by atoms with E-state index in [9.17, 15) is 69.5 Å². The monoisotopic (exact) mass is 958 g/mol. The topological polar surface area (TPSA) is 174 Å². The molecule has 6 aromatic rings. The molecule has 0 atom stereocenters. The summed E-state index contributed by atoms with van der Waals surface area (Å²) in [4.78, 5) is -1.21. The highest BCUT2D eigenvalue weighted by Crippen LogP contribution is 2.38. The normalized spacial score (nSPS) is 12.7. The fourth-order valence-corrected chi connectivity index (χ4v) is 7.94. The molecule has 0 fully saturated rings. The summed E-state index contributed by atoms with van der Waals surface area (Å²) in [6.45, 7) is 2.56. The highest BCUT2D eigenvalue weighted by atomic mass is 32.2. The van der Waals surface area contributed by atoms with E-state index in [1.807, 2.05) is 0 Å². The van der Waals surface area contributed by atoms with Crippen LogP contribution >= 0.6 is 0 Å². The fourth-order valence-electron chi connectivity index (χ4n) is 5.76. The van der Waals surface area contributed by atoms with Gasteiger partial charge in [0.25, 0.3) is 0 Å². The van der Waals surface area contributed by atoms with Crippen LogP contribution in [0.5, 0.6) is 11.5 Å². The van der Waals surface area contributed by atoms with Crippen molar-refractivity contribution in [3.63, 3.8) is 0 Å². The minimum atomic E-state index is -4.87. The van der Waals surface area contributed by atoms with E-state index < -0.39 is 88.7 Å². The maximum absolute atomic E-state index is 13.1. The molecule has 12 nitrogen and oxygen atoms in total. The van der Waals surface area contributed by atoms with E-state index in [1.54, 1.807) is 0 Å². The molecule has 2 heterocycles. The predicted molar refractivity (Wildman–Crippen MR) is 206 cm³/mol. The molecule has 4 aromatic carbocycles. The van der Waals surface area contributed by atoms with Gasteiger partial charge in [-0.25, -0.2) is 26.2 Å². The second kappa shape index (κ2) is 17.6. The lowest BCUT2D eigenvalue weighted by atomic mass is 10.1. The zero-order chi connectivity index (χ0) is 47.8. The van der Waals surface area contributed by atoms with Crippen molar-refractivity contribution in [3.8, 4) is 45.1 Å². The van der Waals surface area contributed by atoms with Crippen molar-refractivity contribution in [3.05, 3.63) is 108 Å². The number of rotatable bonds is 10. The van der Waals surface area contributed by atoms with Gasteiger partial charge in [0.15, 0.2) is 19.7 Å². The molecule has 0 saturated heterocycles. The Hall–Kier alpha value is -6.44. The second-order valence-electron chi connectivity index (χ2n) is 13.0. The van der Waals surface area contributed by atoms with Crippen LogP contribution in [-0.4, -0.2) is 60.6 Å². The first-order valence-electron chi connectivity index (χ1n) is 17.7. The summed E-state index contributed by atoms with van der Waals surface area (Å²) in [5, 5.41) is 7.96. The number of halogens is 12. The summed E-state index contributed by atoms with van der Waals surface area (Å²) in [6.07, 6.45) is -16.8. The Morgan fingerprint density at radius 1 is 0.516 bits per heavy atom. The van der Waals surface area contributed by atoms with E-state index >= 15 is 0 Å². The quantitative estimate of drug-likeness (QED) is 0.126. The van der Waals surface area contributed by atoms with Gasteiger partial charge in [-0.15, -0.1) is 26.3 Å². The Morgan fingerprint density at radius 3 is 1.09 bits per heavy atom. The van der Waals surface area contributed by atoms with Gasteiger partial charge in [-0.05, 0) is 71.8 Å². The fraction of sp³-hybridized carbons (Fsp3) is 0.211. The van der Waals surface area contributed by atoms with Gasteiger partial charge in [0, 0.05) is 11.1 Å². The number of nitrogens with two attached hydrogens (primary N) is 2. The van der Waals surface area contributed by atoms with Crippen molar-refractivity contribution < 1.29 is 79.0 Å². The van der Waals surface area contributed by atoms with Crippen LogP contribution < -0.4 is 20.9 Å². The summed E-state index contributed by atoms with van der Waals surface area (Å²) < 4.78 is 212. The van der Waals surface area contributed by atoms with E-state index in [0.717, 1.165) is 45.8 Å². The number of nitrogens with zero attached hydrogens (tertiary/aromatic N) is 4. The van der Waals surface area contributed by atoms with Gasteiger partial charge in [-0.1, -0.05) is 38.1 Å². The summed E-state index contributed by atoms with van der Waals surface area (Å²) in [6, 6.07) is 13.6. The molecule has 4 N–H and O–H groups in total. The molecule has 0 amide bonds. The van der Waals surface area contributed by atoms with Crippen LogP contribution in [-0.2, 0) is 32.0 Å². The molecule has 26 heteroatoms.